The maximum absolute atomic E-state index is 13.3. The van der Waals surface area contributed by atoms with Gasteiger partial charge in [0.15, 0.2) is 9.84 Å². The summed E-state index contributed by atoms with van der Waals surface area (Å²) in [6.07, 6.45) is 0.874. The number of nitrogens with one attached hydrogen (secondary N) is 1. The van der Waals surface area contributed by atoms with Crippen molar-refractivity contribution in [2.75, 3.05) is 28.3 Å². The highest BCUT2D eigenvalue weighted by molar-refractivity contribution is 7.91. The molecular weight excluding hydrogens is 414 g/mol. The summed E-state index contributed by atoms with van der Waals surface area (Å²) in [4.78, 5) is 28.9. The molecule has 2 aromatic carbocycles. The van der Waals surface area contributed by atoms with Crippen LogP contribution in [0.3, 0.4) is 0 Å². The van der Waals surface area contributed by atoms with E-state index in [4.69, 9.17) is 0 Å². The summed E-state index contributed by atoms with van der Waals surface area (Å²) < 4.78 is 24.7. The predicted octanol–water partition coefficient (Wildman–Crippen LogP) is 2.91. The molecule has 2 heterocycles. The molecule has 2 fully saturated rings. The van der Waals surface area contributed by atoms with Gasteiger partial charge in [-0.3, -0.25) is 9.69 Å². The molecule has 164 valence electrons. The molecule has 0 aliphatic carbocycles. The van der Waals surface area contributed by atoms with Crippen LogP contribution in [-0.2, 0) is 21.1 Å². The monoisotopic (exact) mass is 441 g/mol. The fourth-order valence-electron chi connectivity index (χ4n) is 4.56. The second-order valence-electron chi connectivity index (χ2n) is 8.44. The third kappa shape index (κ3) is 4.30. The third-order valence-corrected chi connectivity index (χ3v) is 7.62. The number of carbonyl (C=O) groups excluding carboxylic acids is 2. The van der Waals surface area contributed by atoms with Crippen LogP contribution in [0.15, 0.2) is 42.5 Å². The Morgan fingerprint density at radius 2 is 1.65 bits per heavy atom. The van der Waals surface area contributed by atoms with Crippen molar-refractivity contribution in [1.29, 1.82) is 0 Å². The number of amides is 3. The third-order valence-electron chi connectivity index (χ3n) is 5.92. The second-order valence-corrected chi connectivity index (χ2v) is 10.6. The average molecular weight is 442 g/mol. The van der Waals surface area contributed by atoms with Gasteiger partial charge in [0.05, 0.1) is 23.6 Å². The number of sulfone groups is 1. The maximum atomic E-state index is 13.3. The molecule has 2 aliphatic rings. The first-order valence-corrected chi connectivity index (χ1v) is 12.3. The number of aryl methyl sites for hydroxylation is 3. The Balaban J connectivity index is 1.57. The van der Waals surface area contributed by atoms with E-state index >= 15 is 0 Å². The fraction of sp³-hybridized carbons (Fsp3) is 0.391. The first kappa shape index (κ1) is 21.4. The van der Waals surface area contributed by atoms with Crippen molar-refractivity contribution in [3.05, 3.63) is 59.2 Å². The van der Waals surface area contributed by atoms with Crippen LogP contribution < -0.4 is 10.2 Å². The molecule has 1 N–H and O–H groups in total. The van der Waals surface area contributed by atoms with Crippen molar-refractivity contribution in [2.24, 2.45) is 0 Å². The van der Waals surface area contributed by atoms with Gasteiger partial charge in [-0.15, -0.1) is 0 Å². The number of carbonyl (C=O) groups is 2. The summed E-state index contributed by atoms with van der Waals surface area (Å²) in [5.41, 5.74) is 4.51. The number of hydrogen-bond acceptors (Lipinski definition) is 4. The van der Waals surface area contributed by atoms with Crippen molar-refractivity contribution in [1.82, 2.24) is 4.90 Å². The van der Waals surface area contributed by atoms with Crippen LogP contribution >= 0.6 is 0 Å². The standard InChI is InChI=1S/C23H27N3O4S/c1-4-17-5-7-19(8-6-17)26-21-14-31(29,30)13-20(21)25(23(26)28)12-22(27)24-18-10-15(2)9-16(3)11-18/h5-11,20-21H,4,12-14H2,1-3H3,(H,24,27). The van der Waals surface area contributed by atoms with Gasteiger partial charge >= 0.3 is 6.03 Å². The van der Waals surface area contributed by atoms with E-state index in [2.05, 4.69) is 5.32 Å². The normalized spacial score (nSPS) is 22.0. The summed E-state index contributed by atoms with van der Waals surface area (Å²) >= 11 is 0. The summed E-state index contributed by atoms with van der Waals surface area (Å²) in [6.45, 7) is 5.75. The van der Waals surface area contributed by atoms with Crippen molar-refractivity contribution in [3.8, 4) is 0 Å². The highest BCUT2D eigenvalue weighted by Crippen LogP contribution is 2.35. The Morgan fingerprint density at radius 1 is 1.03 bits per heavy atom. The highest BCUT2D eigenvalue weighted by atomic mass is 32.2. The molecule has 0 aromatic heterocycles. The van der Waals surface area contributed by atoms with Crippen LogP contribution in [0.5, 0.6) is 0 Å². The van der Waals surface area contributed by atoms with Crippen LogP contribution in [0.2, 0.25) is 0 Å². The molecule has 2 saturated heterocycles. The molecule has 0 bridgehead atoms. The fourth-order valence-corrected chi connectivity index (χ4v) is 6.51. The van der Waals surface area contributed by atoms with E-state index in [9.17, 15) is 18.0 Å². The Labute approximate surface area is 183 Å². The van der Waals surface area contributed by atoms with Gasteiger partial charge in [-0.05, 0) is 61.2 Å². The lowest BCUT2D eigenvalue weighted by atomic mass is 10.1. The molecule has 0 saturated carbocycles. The number of rotatable bonds is 5. The summed E-state index contributed by atoms with van der Waals surface area (Å²) in [5.74, 6) is -0.553. The molecule has 7 nitrogen and oxygen atoms in total. The quantitative estimate of drug-likeness (QED) is 0.723. The van der Waals surface area contributed by atoms with Crippen molar-refractivity contribution in [3.63, 3.8) is 0 Å². The largest absolute Gasteiger partial charge is 0.325 e. The number of hydrogen-bond donors (Lipinski definition) is 1. The SMILES string of the molecule is CCc1ccc(N2C(=O)N(CC(=O)Nc3cc(C)cc(C)c3)C3CS(=O)(=O)CC32)cc1. The molecule has 2 aromatic rings. The number of anilines is 2. The van der Waals surface area contributed by atoms with Crippen LogP contribution in [0.25, 0.3) is 0 Å². The average Bonchev–Trinajstić information content (AvgIpc) is 3.11. The van der Waals surface area contributed by atoms with Crippen molar-refractivity contribution >= 4 is 33.2 Å². The molecule has 31 heavy (non-hydrogen) atoms. The van der Waals surface area contributed by atoms with Crippen LogP contribution in [-0.4, -0.2) is 55.4 Å². The lowest BCUT2D eigenvalue weighted by molar-refractivity contribution is -0.116. The predicted molar refractivity (Wildman–Crippen MR) is 121 cm³/mol. The van der Waals surface area contributed by atoms with E-state index in [1.165, 1.54) is 4.90 Å². The smallest absolute Gasteiger partial charge is 0.325 e. The highest BCUT2D eigenvalue weighted by Gasteiger charge is 2.54. The molecular formula is C23H27N3O4S. The molecule has 3 amide bonds. The van der Waals surface area contributed by atoms with Gasteiger partial charge in [-0.1, -0.05) is 25.1 Å². The maximum Gasteiger partial charge on any atom is 0.325 e. The first-order chi connectivity index (χ1) is 14.7. The molecule has 0 spiro atoms. The second kappa shape index (κ2) is 8.00. The van der Waals surface area contributed by atoms with Gasteiger partial charge in [-0.25, -0.2) is 13.2 Å². The lowest BCUT2D eigenvalue weighted by Crippen LogP contribution is -2.42. The van der Waals surface area contributed by atoms with Crippen molar-refractivity contribution < 1.29 is 18.0 Å². The summed E-state index contributed by atoms with van der Waals surface area (Å²) in [7, 11) is -3.29. The number of urea groups is 1. The van der Waals surface area contributed by atoms with Crippen molar-refractivity contribution in [2.45, 2.75) is 39.3 Å². The van der Waals surface area contributed by atoms with E-state index in [-0.39, 0.29) is 30.0 Å². The van der Waals surface area contributed by atoms with Gasteiger partial charge in [-0.2, -0.15) is 0 Å². The zero-order valence-corrected chi connectivity index (χ0v) is 18.8. The minimum Gasteiger partial charge on any atom is -0.325 e. The first-order valence-electron chi connectivity index (χ1n) is 10.4. The summed E-state index contributed by atoms with van der Waals surface area (Å²) in [6, 6.07) is 12.0. The van der Waals surface area contributed by atoms with E-state index < -0.39 is 21.9 Å². The molecule has 2 unspecified atom stereocenters. The number of benzene rings is 2. The van der Waals surface area contributed by atoms with E-state index in [1.807, 2.05) is 63.2 Å². The molecule has 2 atom stereocenters. The van der Waals surface area contributed by atoms with E-state index in [1.54, 1.807) is 4.90 Å². The molecule has 8 heteroatoms. The van der Waals surface area contributed by atoms with Crippen LogP contribution in [0.4, 0.5) is 16.2 Å². The molecule has 2 aliphatic heterocycles. The van der Waals surface area contributed by atoms with Gasteiger partial charge in [0.2, 0.25) is 5.91 Å². The Bertz CT molecular complexity index is 1110. The Kier molecular flexibility index (Phi) is 5.51. The van der Waals surface area contributed by atoms with Gasteiger partial charge in [0, 0.05) is 11.4 Å². The van der Waals surface area contributed by atoms with Gasteiger partial charge in [0.1, 0.15) is 6.54 Å². The lowest BCUT2D eigenvalue weighted by Gasteiger charge is -2.22. The van der Waals surface area contributed by atoms with Crippen LogP contribution in [0.1, 0.15) is 23.6 Å². The molecule has 0 radical (unpaired) electrons. The minimum absolute atomic E-state index is 0.0892. The summed E-state index contributed by atoms with van der Waals surface area (Å²) in [5, 5.41) is 2.84. The Morgan fingerprint density at radius 3 is 2.26 bits per heavy atom. The van der Waals surface area contributed by atoms with E-state index in [0.29, 0.717) is 11.4 Å². The Hall–Kier alpha value is -2.87. The zero-order valence-electron chi connectivity index (χ0n) is 18.0. The number of nitrogens with zero attached hydrogens (tertiary/aromatic N) is 2. The van der Waals surface area contributed by atoms with E-state index in [0.717, 1.165) is 23.1 Å². The minimum atomic E-state index is -3.29. The topological polar surface area (TPSA) is 86.8 Å². The molecule has 4 rings (SSSR count). The van der Waals surface area contributed by atoms with Crippen LogP contribution in [0, 0.1) is 13.8 Å². The van der Waals surface area contributed by atoms with Gasteiger partial charge in [0.25, 0.3) is 0 Å². The number of fused-ring (bicyclic) bond motifs is 1. The van der Waals surface area contributed by atoms with Gasteiger partial charge < -0.3 is 10.2 Å². The zero-order chi connectivity index (χ0) is 22.3.